The van der Waals surface area contributed by atoms with Gasteiger partial charge in [-0.3, -0.25) is 0 Å². The van der Waals surface area contributed by atoms with Crippen molar-refractivity contribution in [3.05, 3.63) is 0 Å². The fourth-order valence-electron chi connectivity index (χ4n) is 3.26. The summed E-state index contributed by atoms with van der Waals surface area (Å²) in [6.07, 6.45) is 2.18. The van der Waals surface area contributed by atoms with Crippen molar-refractivity contribution in [3.63, 3.8) is 0 Å². The van der Waals surface area contributed by atoms with Crippen molar-refractivity contribution in [2.45, 2.75) is 56.7 Å². The SMILES string of the molecule is FC(F)(F)CCN1CCCNC2(CCCCC2)C1. The Morgan fingerprint density at radius 2 is 1.78 bits per heavy atom. The van der Waals surface area contributed by atoms with Crippen LogP contribution < -0.4 is 5.32 Å². The average molecular weight is 264 g/mol. The molecule has 0 radical (unpaired) electrons. The van der Waals surface area contributed by atoms with Crippen LogP contribution in [-0.4, -0.2) is 42.8 Å². The van der Waals surface area contributed by atoms with Gasteiger partial charge in [-0.25, -0.2) is 0 Å². The van der Waals surface area contributed by atoms with Crippen molar-refractivity contribution in [1.82, 2.24) is 10.2 Å². The van der Waals surface area contributed by atoms with Crippen LogP contribution >= 0.6 is 0 Å². The minimum absolute atomic E-state index is 0.0976. The van der Waals surface area contributed by atoms with Gasteiger partial charge in [-0.15, -0.1) is 0 Å². The molecule has 2 rings (SSSR count). The van der Waals surface area contributed by atoms with Gasteiger partial charge < -0.3 is 10.2 Å². The number of halogens is 3. The summed E-state index contributed by atoms with van der Waals surface area (Å²) in [6.45, 7) is 2.70. The molecule has 0 aromatic carbocycles. The first-order valence-corrected chi connectivity index (χ1v) is 7.03. The molecule has 0 aromatic heterocycles. The molecule has 2 aliphatic rings. The zero-order chi connectivity index (χ0) is 13.1. The Kier molecular flexibility index (Phi) is 4.54. The number of nitrogens with zero attached hydrogens (tertiary/aromatic N) is 1. The fourth-order valence-corrected chi connectivity index (χ4v) is 3.26. The van der Waals surface area contributed by atoms with Crippen LogP contribution in [0.4, 0.5) is 13.2 Å². The second kappa shape index (κ2) is 5.78. The fraction of sp³-hybridized carbons (Fsp3) is 1.00. The molecule has 106 valence electrons. The number of hydrogen-bond donors (Lipinski definition) is 1. The Balaban J connectivity index is 1.90. The van der Waals surface area contributed by atoms with Gasteiger partial charge in [-0.2, -0.15) is 13.2 Å². The Morgan fingerprint density at radius 1 is 1.06 bits per heavy atom. The molecule has 0 bridgehead atoms. The topological polar surface area (TPSA) is 15.3 Å². The molecule has 0 amide bonds. The van der Waals surface area contributed by atoms with E-state index in [0.29, 0.717) is 0 Å². The third-order valence-corrected chi connectivity index (χ3v) is 4.20. The zero-order valence-electron chi connectivity index (χ0n) is 10.9. The van der Waals surface area contributed by atoms with E-state index in [9.17, 15) is 13.2 Å². The van der Waals surface area contributed by atoms with Crippen molar-refractivity contribution in [2.24, 2.45) is 0 Å². The van der Waals surface area contributed by atoms with Crippen molar-refractivity contribution < 1.29 is 13.2 Å². The maximum atomic E-state index is 12.3. The van der Waals surface area contributed by atoms with E-state index in [2.05, 4.69) is 5.32 Å². The minimum Gasteiger partial charge on any atom is -0.310 e. The summed E-state index contributed by atoms with van der Waals surface area (Å²) in [6, 6.07) is 0. The molecule has 5 heteroatoms. The largest absolute Gasteiger partial charge is 0.390 e. The van der Waals surface area contributed by atoms with Crippen molar-refractivity contribution in [2.75, 3.05) is 26.2 Å². The van der Waals surface area contributed by atoms with Crippen LogP contribution in [0, 0.1) is 0 Å². The zero-order valence-corrected chi connectivity index (χ0v) is 10.9. The number of rotatable bonds is 2. The molecule has 18 heavy (non-hydrogen) atoms. The van der Waals surface area contributed by atoms with Gasteiger partial charge in [0.25, 0.3) is 0 Å². The Labute approximate surface area is 107 Å². The summed E-state index contributed by atoms with van der Waals surface area (Å²) in [4.78, 5) is 2.01. The van der Waals surface area contributed by atoms with E-state index in [4.69, 9.17) is 0 Å². The van der Waals surface area contributed by atoms with Crippen LogP contribution in [-0.2, 0) is 0 Å². The van der Waals surface area contributed by atoms with Crippen LogP contribution in [0.5, 0.6) is 0 Å². The maximum Gasteiger partial charge on any atom is 0.390 e. The van der Waals surface area contributed by atoms with Crippen molar-refractivity contribution >= 4 is 0 Å². The molecular weight excluding hydrogens is 241 g/mol. The molecule has 0 atom stereocenters. The molecule has 1 aliphatic heterocycles. The molecule has 1 aliphatic carbocycles. The van der Waals surface area contributed by atoms with Gasteiger partial charge >= 0.3 is 6.18 Å². The quantitative estimate of drug-likeness (QED) is 0.825. The average Bonchev–Trinajstić information content (AvgIpc) is 2.50. The Hall–Kier alpha value is -0.290. The molecule has 2 nitrogen and oxygen atoms in total. The summed E-state index contributed by atoms with van der Waals surface area (Å²) in [5, 5.41) is 3.60. The monoisotopic (exact) mass is 264 g/mol. The molecule has 1 heterocycles. The third kappa shape index (κ3) is 4.12. The van der Waals surface area contributed by atoms with E-state index in [1.165, 1.54) is 19.3 Å². The minimum atomic E-state index is -4.03. The van der Waals surface area contributed by atoms with Crippen molar-refractivity contribution in [1.29, 1.82) is 0 Å². The summed E-state index contributed by atoms with van der Waals surface area (Å²) < 4.78 is 36.9. The number of nitrogens with one attached hydrogen (secondary N) is 1. The third-order valence-electron chi connectivity index (χ3n) is 4.20. The van der Waals surface area contributed by atoms with Gasteiger partial charge in [0.1, 0.15) is 0 Å². The van der Waals surface area contributed by atoms with Gasteiger partial charge in [0, 0.05) is 18.6 Å². The summed E-state index contributed by atoms with van der Waals surface area (Å²) in [7, 11) is 0. The first kappa shape index (κ1) is 14.1. The van der Waals surface area contributed by atoms with E-state index in [-0.39, 0.29) is 12.1 Å². The smallest absolute Gasteiger partial charge is 0.310 e. The molecule has 0 unspecified atom stereocenters. The second-order valence-corrected chi connectivity index (χ2v) is 5.76. The van der Waals surface area contributed by atoms with E-state index < -0.39 is 12.6 Å². The van der Waals surface area contributed by atoms with Gasteiger partial charge in [-0.05, 0) is 32.4 Å². The molecule has 1 saturated carbocycles. The number of hydrogen-bond acceptors (Lipinski definition) is 2. The molecular formula is C13H23F3N2. The molecule has 0 aromatic rings. The Morgan fingerprint density at radius 3 is 2.44 bits per heavy atom. The maximum absolute atomic E-state index is 12.3. The van der Waals surface area contributed by atoms with Crippen LogP contribution in [0.15, 0.2) is 0 Å². The van der Waals surface area contributed by atoms with E-state index >= 15 is 0 Å². The standard InChI is InChI=1S/C13H23F3N2/c14-13(15,16)7-10-18-9-4-8-17-12(11-18)5-2-1-3-6-12/h17H,1-11H2. The highest BCUT2D eigenvalue weighted by atomic mass is 19.4. The number of alkyl halides is 3. The second-order valence-electron chi connectivity index (χ2n) is 5.76. The predicted octanol–water partition coefficient (Wildman–Crippen LogP) is 2.94. The van der Waals surface area contributed by atoms with Gasteiger partial charge in [0.05, 0.1) is 6.42 Å². The van der Waals surface area contributed by atoms with Crippen LogP contribution in [0.2, 0.25) is 0 Å². The first-order chi connectivity index (χ1) is 8.49. The van der Waals surface area contributed by atoms with Crippen LogP contribution in [0.1, 0.15) is 44.9 Å². The van der Waals surface area contributed by atoms with E-state index in [0.717, 1.165) is 38.9 Å². The van der Waals surface area contributed by atoms with Crippen molar-refractivity contribution in [3.8, 4) is 0 Å². The van der Waals surface area contributed by atoms with Gasteiger partial charge in [0.2, 0.25) is 0 Å². The van der Waals surface area contributed by atoms with E-state index in [1.807, 2.05) is 4.90 Å². The molecule has 1 spiro atoms. The summed E-state index contributed by atoms with van der Waals surface area (Å²) >= 11 is 0. The lowest BCUT2D eigenvalue weighted by Gasteiger charge is -2.40. The lowest BCUT2D eigenvalue weighted by molar-refractivity contribution is -0.138. The summed E-state index contributed by atoms with van der Waals surface area (Å²) in [5.41, 5.74) is 0.0976. The molecule has 2 fully saturated rings. The highest BCUT2D eigenvalue weighted by Crippen LogP contribution is 2.31. The van der Waals surface area contributed by atoms with Crippen LogP contribution in [0.25, 0.3) is 0 Å². The van der Waals surface area contributed by atoms with Gasteiger partial charge in [-0.1, -0.05) is 19.3 Å². The molecule has 1 saturated heterocycles. The highest BCUT2D eigenvalue weighted by molar-refractivity contribution is 4.95. The lowest BCUT2D eigenvalue weighted by atomic mass is 9.81. The highest BCUT2D eigenvalue weighted by Gasteiger charge is 2.36. The van der Waals surface area contributed by atoms with E-state index in [1.54, 1.807) is 0 Å². The normalized spacial score (nSPS) is 26.2. The summed E-state index contributed by atoms with van der Waals surface area (Å²) in [5.74, 6) is 0. The Bertz CT molecular complexity index is 259. The van der Waals surface area contributed by atoms with Crippen LogP contribution in [0.3, 0.4) is 0 Å². The predicted molar refractivity (Wildman–Crippen MR) is 65.5 cm³/mol. The first-order valence-electron chi connectivity index (χ1n) is 7.03. The van der Waals surface area contributed by atoms with Gasteiger partial charge in [0.15, 0.2) is 0 Å². The lowest BCUT2D eigenvalue weighted by Crippen LogP contribution is -2.52. The molecule has 1 N–H and O–H groups in total.